The molecule has 7 heteroatoms. The van der Waals surface area contributed by atoms with Crippen LogP contribution in [0.1, 0.15) is 43.4 Å². The van der Waals surface area contributed by atoms with Crippen molar-refractivity contribution < 1.29 is 17.6 Å². The van der Waals surface area contributed by atoms with Gasteiger partial charge in [0, 0.05) is 0 Å². The number of amides is 1. The lowest BCUT2D eigenvalue weighted by Crippen LogP contribution is -2.50. The van der Waals surface area contributed by atoms with Gasteiger partial charge in [-0.25, -0.2) is 12.8 Å². The van der Waals surface area contributed by atoms with Crippen LogP contribution in [0.15, 0.2) is 48.5 Å². The number of benzene rings is 2. The van der Waals surface area contributed by atoms with Crippen molar-refractivity contribution >= 4 is 21.6 Å². The summed E-state index contributed by atoms with van der Waals surface area (Å²) in [6.45, 7) is 1.72. The molecule has 0 spiro atoms. The molecule has 3 rings (SSSR count). The number of carbonyl (C=O) groups is 1. The highest BCUT2D eigenvalue weighted by Gasteiger charge is 2.34. The summed E-state index contributed by atoms with van der Waals surface area (Å²) >= 11 is 0. The van der Waals surface area contributed by atoms with E-state index in [1.807, 2.05) is 24.3 Å². The molecular formula is C21H25FN2O3S. The van der Waals surface area contributed by atoms with Crippen molar-refractivity contribution in [1.29, 1.82) is 0 Å². The van der Waals surface area contributed by atoms with Gasteiger partial charge >= 0.3 is 0 Å². The van der Waals surface area contributed by atoms with Crippen molar-refractivity contribution in [3.8, 4) is 0 Å². The van der Waals surface area contributed by atoms with Crippen LogP contribution in [0.3, 0.4) is 0 Å². The Labute approximate surface area is 165 Å². The lowest BCUT2D eigenvalue weighted by Gasteiger charge is -2.33. The number of sulfonamides is 1. The van der Waals surface area contributed by atoms with Crippen molar-refractivity contribution in [2.75, 3.05) is 10.6 Å². The van der Waals surface area contributed by atoms with Crippen LogP contribution in [0.5, 0.6) is 0 Å². The molecule has 0 aromatic heterocycles. The molecule has 28 heavy (non-hydrogen) atoms. The minimum Gasteiger partial charge on any atom is -0.347 e. The topological polar surface area (TPSA) is 66.5 Å². The number of hydrogen-bond acceptors (Lipinski definition) is 3. The zero-order chi connectivity index (χ0) is 20.3. The van der Waals surface area contributed by atoms with Crippen LogP contribution in [0.4, 0.5) is 10.1 Å². The molecule has 0 saturated carbocycles. The van der Waals surface area contributed by atoms with E-state index >= 15 is 0 Å². The van der Waals surface area contributed by atoms with E-state index in [4.69, 9.17) is 0 Å². The number of carbonyl (C=O) groups excluding carboxylic acids is 1. The van der Waals surface area contributed by atoms with E-state index in [0.717, 1.165) is 35.4 Å². The first-order valence-corrected chi connectivity index (χ1v) is 11.3. The fourth-order valence-electron chi connectivity index (χ4n) is 3.84. The second-order valence-corrected chi connectivity index (χ2v) is 8.95. The lowest BCUT2D eigenvalue weighted by atomic mass is 9.87. The SMILES string of the molecule is CCC(C(=O)NC1CCCc2ccccc21)N(c1ccccc1F)S(C)(=O)=O. The number of anilines is 1. The maximum Gasteiger partial charge on any atom is 0.244 e. The van der Waals surface area contributed by atoms with Crippen LogP contribution in [0, 0.1) is 5.82 Å². The lowest BCUT2D eigenvalue weighted by molar-refractivity contribution is -0.123. The summed E-state index contributed by atoms with van der Waals surface area (Å²) in [5.41, 5.74) is 2.14. The summed E-state index contributed by atoms with van der Waals surface area (Å²) in [5, 5.41) is 3.00. The van der Waals surface area contributed by atoms with Crippen LogP contribution in [-0.2, 0) is 21.2 Å². The fraction of sp³-hybridized carbons (Fsp3) is 0.381. The first-order chi connectivity index (χ1) is 13.3. The minimum atomic E-state index is -3.87. The van der Waals surface area contributed by atoms with Crippen LogP contribution < -0.4 is 9.62 Å². The van der Waals surface area contributed by atoms with Crippen molar-refractivity contribution in [1.82, 2.24) is 5.32 Å². The standard InChI is InChI=1S/C21H25FN2O3S/c1-3-19(24(28(2,26)27)20-14-7-6-12-17(20)22)21(25)23-18-13-8-10-15-9-4-5-11-16(15)18/h4-7,9,11-12,14,18-19H,3,8,10,13H2,1-2H3,(H,23,25). The molecule has 0 saturated heterocycles. The Morgan fingerprint density at radius 2 is 1.89 bits per heavy atom. The average Bonchev–Trinajstić information content (AvgIpc) is 2.66. The first kappa shape index (κ1) is 20.3. The van der Waals surface area contributed by atoms with Crippen LogP contribution in [0.2, 0.25) is 0 Å². The Morgan fingerprint density at radius 3 is 2.57 bits per heavy atom. The zero-order valence-corrected chi connectivity index (χ0v) is 16.9. The smallest absolute Gasteiger partial charge is 0.244 e. The molecule has 1 aliphatic carbocycles. The van der Waals surface area contributed by atoms with Crippen molar-refractivity contribution in [3.63, 3.8) is 0 Å². The molecule has 1 aliphatic rings. The number of rotatable bonds is 6. The quantitative estimate of drug-likeness (QED) is 0.801. The Hall–Kier alpha value is -2.41. The predicted octanol–water partition coefficient (Wildman–Crippen LogP) is 3.56. The van der Waals surface area contributed by atoms with Gasteiger partial charge < -0.3 is 5.32 Å². The molecule has 0 fully saturated rings. The Kier molecular flexibility index (Phi) is 6.03. The molecule has 0 bridgehead atoms. The Balaban J connectivity index is 1.91. The highest BCUT2D eigenvalue weighted by Crippen LogP contribution is 2.31. The number of aryl methyl sites for hydroxylation is 1. The number of halogens is 1. The summed E-state index contributed by atoms with van der Waals surface area (Å²) in [6, 6.07) is 12.4. The van der Waals surface area contributed by atoms with E-state index in [2.05, 4.69) is 5.32 Å². The van der Waals surface area contributed by atoms with Gasteiger partial charge in [0.25, 0.3) is 0 Å². The maximum absolute atomic E-state index is 14.3. The number of fused-ring (bicyclic) bond motifs is 1. The highest BCUT2D eigenvalue weighted by atomic mass is 32.2. The average molecular weight is 405 g/mol. The van der Waals surface area contributed by atoms with Crippen LogP contribution >= 0.6 is 0 Å². The summed E-state index contributed by atoms with van der Waals surface area (Å²) < 4.78 is 40.2. The van der Waals surface area contributed by atoms with Gasteiger partial charge in [0.1, 0.15) is 11.9 Å². The van der Waals surface area contributed by atoms with Gasteiger partial charge in [0.05, 0.1) is 18.0 Å². The summed E-state index contributed by atoms with van der Waals surface area (Å²) in [4.78, 5) is 13.1. The largest absolute Gasteiger partial charge is 0.347 e. The fourth-order valence-corrected chi connectivity index (χ4v) is 5.05. The first-order valence-electron chi connectivity index (χ1n) is 9.45. The van der Waals surface area contributed by atoms with E-state index in [9.17, 15) is 17.6 Å². The maximum atomic E-state index is 14.3. The molecule has 1 N–H and O–H groups in total. The second kappa shape index (κ2) is 8.31. The van der Waals surface area contributed by atoms with Gasteiger partial charge in [-0.05, 0) is 48.9 Å². The monoisotopic (exact) mass is 404 g/mol. The van der Waals surface area contributed by atoms with Crippen LogP contribution in [0.25, 0.3) is 0 Å². The molecule has 1 amide bonds. The van der Waals surface area contributed by atoms with E-state index < -0.39 is 27.8 Å². The number of nitrogens with one attached hydrogen (secondary N) is 1. The summed E-state index contributed by atoms with van der Waals surface area (Å²) in [5.74, 6) is -1.10. The second-order valence-electron chi connectivity index (χ2n) is 7.09. The number of para-hydroxylation sites is 1. The van der Waals surface area contributed by atoms with Gasteiger partial charge in [0.15, 0.2) is 0 Å². The van der Waals surface area contributed by atoms with Crippen molar-refractivity contribution in [3.05, 3.63) is 65.5 Å². The molecule has 0 heterocycles. The van der Waals surface area contributed by atoms with Gasteiger partial charge in [-0.15, -0.1) is 0 Å². The van der Waals surface area contributed by atoms with Gasteiger partial charge in [0.2, 0.25) is 15.9 Å². The molecule has 2 aromatic carbocycles. The number of hydrogen-bond donors (Lipinski definition) is 1. The molecule has 2 atom stereocenters. The van der Waals surface area contributed by atoms with Crippen molar-refractivity contribution in [2.24, 2.45) is 0 Å². The van der Waals surface area contributed by atoms with Gasteiger partial charge in [-0.2, -0.15) is 0 Å². The summed E-state index contributed by atoms with van der Waals surface area (Å²) in [6.07, 6.45) is 3.91. The van der Waals surface area contributed by atoms with Crippen LogP contribution in [-0.4, -0.2) is 26.6 Å². The van der Waals surface area contributed by atoms with Gasteiger partial charge in [-0.1, -0.05) is 43.3 Å². The highest BCUT2D eigenvalue weighted by molar-refractivity contribution is 7.92. The number of nitrogens with zero attached hydrogens (tertiary/aromatic N) is 1. The Morgan fingerprint density at radius 1 is 1.21 bits per heavy atom. The van der Waals surface area contributed by atoms with Gasteiger partial charge in [-0.3, -0.25) is 9.10 Å². The molecule has 2 aromatic rings. The summed E-state index contributed by atoms with van der Waals surface area (Å²) in [7, 11) is -3.87. The molecular weight excluding hydrogens is 379 g/mol. The molecule has 0 aliphatic heterocycles. The molecule has 2 unspecified atom stereocenters. The third-order valence-electron chi connectivity index (χ3n) is 5.11. The molecule has 5 nitrogen and oxygen atoms in total. The third kappa shape index (κ3) is 4.19. The predicted molar refractivity (Wildman–Crippen MR) is 108 cm³/mol. The molecule has 150 valence electrons. The van der Waals surface area contributed by atoms with Crippen molar-refractivity contribution in [2.45, 2.75) is 44.7 Å². The van der Waals surface area contributed by atoms with E-state index in [1.54, 1.807) is 13.0 Å². The zero-order valence-electron chi connectivity index (χ0n) is 16.1. The minimum absolute atomic E-state index is 0.115. The normalized spacial score (nSPS) is 17.5. The third-order valence-corrected chi connectivity index (χ3v) is 6.27. The van der Waals surface area contributed by atoms with E-state index in [0.29, 0.717) is 0 Å². The van der Waals surface area contributed by atoms with E-state index in [-0.39, 0.29) is 18.2 Å². The molecule has 0 radical (unpaired) electrons. The van der Waals surface area contributed by atoms with E-state index in [1.165, 1.54) is 23.8 Å². The Bertz CT molecular complexity index is 962.